The van der Waals surface area contributed by atoms with Gasteiger partial charge in [-0.05, 0) is 30.5 Å². The van der Waals surface area contributed by atoms with Crippen molar-refractivity contribution in [2.45, 2.75) is 26.4 Å². The highest BCUT2D eigenvalue weighted by molar-refractivity contribution is 5.96. The molecule has 2 rings (SSSR count). The van der Waals surface area contributed by atoms with Gasteiger partial charge in [-0.3, -0.25) is 4.79 Å². The summed E-state index contributed by atoms with van der Waals surface area (Å²) in [6.45, 7) is 3.91. The molecule has 0 heterocycles. The zero-order valence-electron chi connectivity index (χ0n) is 11.3. The van der Waals surface area contributed by atoms with Gasteiger partial charge >= 0.3 is 0 Å². The first kappa shape index (κ1) is 13.5. The van der Waals surface area contributed by atoms with Gasteiger partial charge < -0.3 is 5.11 Å². The molecule has 0 radical (unpaired) electrons. The Morgan fingerprint density at radius 3 is 2.16 bits per heavy atom. The Labute approximate surface area is 113 Å². The Morgan fingerprint density at radius 2 is 1.58 bits per heavy atom. The van der Waals surface area contributed by atoms with Crippen molar-refractivity contribution in [2.75, 3.05) is 0 Å². The van der Waals surface area contributed by atoms with Crippen LogP contribution in [0, 0.1) is 13.8 Å². The minimum Gasteiger partial charge on any atom is -0.388 e. The Balaban J connectivity index is 2.18. The molecule has 0 aliphatic rings. The summed E-state index contributed by atoms with van der Waals surface area (Å²) in [6.07, 6.45) is -0.621. The molecule has 0 fully saturated rings. The number of aryl methyl sites for hydroxylation is 2. The van der Waals surface area contributed by atoms with E-state index in [1.54, 1.807) is 12.1 Å². The highest BCUT2D eigenvalue weighted by atomic mass is 16.3. The molecule has 2 nitrogen and oxygen atoms in total. The normalized spacial score (nSPS) is 12.2. The summed E-state index contributed by atoms with van der Waals surface area (Å²) < 4.78 is 0. The van der Waals surface area contributed by atoms with Gasteiger partial charge in [0.25, 0.3) is 0 Å². The molecule has 0 aliphatic heterocycles. The molecule has 0 aliphatic carbocycles. The summed E-state index contributed by atoms with van der Waals surface area (Å²) in [5.74, 6) is -0.0317. The zero-order chi connectivity index (χ0) is 13.8. The van der Waals surface area contributed by atoms with Crippen LogP contribution in [0.5, 0.6) is 0 Å². The molecule has 19 heavy (non-hydrogen) atoms. The van der Waals surface area contributed by atoms with Crippen molar-refractivity contribution in [1.29, 1.82) is 0 Å². The van der Waals surface area contributed by atoms with Crippen LogP contribution in [0.4, 0.5) is 0 Å². The Hall–Kier alpha value is -1.93. The fraction of sp³-hybridized carbons (Fsp3) is 0.235. The van der Waals surface area contributed by atoms with Crippen LogP contribution in [-0.4, -0.2) is 10.9 Å². The second-order valence-electron chi connectivity index (χ2n) is 4.81. The molecular weight excluding hydrogens is 236 g/mol. The number of carbonyl (C=O) groups is 1. The topological polar surface area (TPSA) is 37.3 Å². The predicted octanol–water partition coefficient (Wildman–Crippen LogP) is 3.61. The lowest BCUT2D eigenvalue weighted by molar-refractivity contribution is 0.0879. The number of aliphatic hydroxyl groups is 1. The van der Waals surface area contributed by atoms with E-state index in [4.69, 9.17) is 0 Å². The van der Waals surface area contributed by atoms with E-state index in [9.17, 15) is 9.90 Å². The molecule has 0 aromatic heterocycles. The lowest BCUT2D eigenvalue weighted by Gasteiger charge is -2.16. The summed E-state index contributed by atoms with van der Waals surface area (Å²) in [5.41, 5.74) is 3.56. The minimum absolute atomic E-state index is 0.0317. The van der Waals surface area contributed by atoms with Crippen molar-refractivity contribution in [3.05, 3.63) is 70.8 Å². The number of hydrogen-bond acceptors (Lipinski definition) is 2. The summed E-state index contributed by atoms with van der Waals surface area (Å²) in [7, 11) is 0. The SMILES string of the molecule is Cc1cccc(C)c1C(O)CC(=O)c1ccccc1. The van der Waals surface area contributed by atoms with E-state index in [0.717, 1.165) is 16.7 Å². The van der Waals surface area contributed by atoms with Gasteiger partial charge in [-0.25, -0.2) is 0 Å². The highest BCUT2D eigenvalue weighted by Crippen LogP contribution is 2.25. The lowest BCUT2D eigenvalue weighted by Crippen LogP contribution is -2.09. The molecule has 0 saturated heterocycles. The van der Waals surface area contributed by atoms with Gasteiger partial charge in [-0.1, -0.05) is 48.5 Å². The fourth-order valence-corrected chi connectivity index (χ4v) is 2.37. The second kappa shape index (κ2) is 5.81. The average Bonchev–Trinajstić information content (AvgIpc) is 2.39. The van der Waals surface area contributed by atoms with Gasteiger partial charge in [-0.2, -0.15) is 0 Å². The molecule has 0 amide bonds. The van der Waals surface area contributed by atoms with E-state index in [1.807, 2.05) is 50.2 Å². The van der Waals surface area contributed by atoms with Crippen molar-refractivity contribution in [3.8, 4) is 0 Å². The summed E-state index contributed by atoms with van der Waals surface area (Å²) in [4.78, 5) is 12.1. The minimum atomic E-state index is -0.742. The standard InChI is InChI=1S/C17H18O2/c1-12-7-6-8-13(2)17(12)16(19)11-15(18)14-9-4-3-5-10-14/h3-10,16,19H,11H2,1-2H3. The molecule has 98 valence electrons. The number of ketones is 1. The molecular formula is C17H18O2. The molecule has 1 unspecified atom stereocenters. The van der Waals surface area contributed by atoms with Gasteiger partial charge in [0.15, 0.2) is 5.78 Å². The number of hydrogen-bond donors (Lipinski definition) is 1. The smallest absolute Gasteiger partial charge is 0.165 e. The van der Waals surface area contributed by atoms with Gasteiger partial charge in [-0.15, -0.1) is 0 Å². The van der Waals surface area contributed by atoms with Crippen LogP contribution in [0.15, 0.2) is 48.5 Å². The summed E-state index contributed by atoms with van der Waals surface area (Å²) in [6, 6.07) is 15.0. The van der Waals surface area contributed by atoms with Crippen LogP contribution in [0.1, 0.15) is 39.6 Å². The first-order chi connectivity index (χ1) is 9.09. The molecule has 2 heteroatoms. The third-order valence-corrected chi connectivity index (χ3v) is 3.35. The highest BCUT2D eigenvalue weighted by Gasteiger charge is 2.17. The zero-order valence-corrected chi connectivity index (χ0v) is 11.3. The number of benzene rings is 2. The maximum atomic E-state index is 12.1. The molecule has 0 spiro atoms. The van der Waals surface area contributed by atoms with Crippen molar-refractivity contribution >= 4 is 5.78 Å². The van der Waals surface area contributed by atoms with Crippen molar-refractivity contribution in [2.24, 2.45) is 0 Å². The Bertz CT molecular complexity index is 553. The first-order valence-electron chi connectivity index (χ1n) is 6.42. The second-order valence-corrected chi connectivity index (χ2v) is 4.81. The Morgan fingerprint density at radius 1 is 1.00 bits per heavy atom. The average molecular weight is 254 g/mol. The fourth-order valence-electron chi connectivity index (χ4n) is 2.37. The van der Waals surface area contributed by atoms with Crippen LogP contribution in [0.3, 0.4) is 0 Å². The first-order valence-corrected chi connectivity index (χ1v) is 6.42. The maximum absolute atomic E-state index is 12.1. The van der Waals surface area contributed by atoms with Gasteiger partial charge in [0.05, 0.1) is 6.10 Å². The molecule has 0 saturated carbocycles. The Kier molecular flexibility index (Phi) is 4.13. The third-order valence-electron chi connectivity index (χ3n) is 3.35. The summed E-state index contributed by atoms with van der Waals surface area (Å²) in [5, 5.41) is 10.3. The predicted molar refractivity (Wildman–Crippen MR) is 76.3 cm³/mol. The van der Waals surface area contributed by atoms with Crippen molar-refractivity contribution < 1.29 is 9.90 Å². The lowest BCUT2D eigenvalue weighted by atomic mass is 9.93. The molecule has 2 aromatic carbocycles. The van der Waals surface area contributed by atoms with Crippen molar-refractivity contribution in [1.82, 2.24) is 0 Å². The van der Waals surface area contributed by atoms with Crippen LogP contribution in [-0.2, 0) is 0 Å². The number of aliphatic hydroxyl groups excluding tert-OH is 1. The molecule has 1 N–H and O–H groups in total. The van der Waals surface area contributed by atoms with E-state index >= 15 is 0 Å². The van der Waals surface area contributed by atoms with Gasteiger partial charge in [0.1, 0.15) is 0 Å². The van der Waals surface area contributed by atoms with E-state index in [-0.39, 0.29) is 12.2 Å². The van der Waals surface area contributed by atoms with E-state index in [0.29, 0.717) is 5.56 Å². The quantitative estimate of drug-likeness (QED) is 0.846. The summed E-state index contributed by atoms with van der Waals surface area (Å²) >= 11 is 0. The third kappa shape index (κ3) is 3.09. The van der Waals surface area contributed by atoms with Crippen LogP contribution in [0.25, 0.3) is 0 Å². The van der Waals surface area contributed by atoms with Gasteiger partial charge in [0.2, 0.25) is 0 Å². The molecule has 0 bridgehead atoms. The molecule has 2 aromatic rings. The number of Topliss-reactive ketones (excluding diaryl/α,β-unsaturated/α-hetero) is 1. The number of rotatable bonds is 4. The largest absolute Gasteiger partial charge is 0.388 e. The van der Waals surface area contributed by atoms with E-state index < -0.39 is 6.10 Å². The molecule has 1 atom stereocenters. The van der Waals surface area contributed by atoms with Crippen LogP contribution in [0.2, 0.25) is 0 Å². The van der Waals surface area contributed by atoms with Gasteiger partial charge in [0, 0.05) is 12.0 Å². The van der Waals surface area contributed by atoms with E-state index in [1.165, 1.54) is 0 Å². The van der Waals surface area contributed by atoms with E-state index in [2.05, 4.69) is 0 Å². The van der Waals surface area contributed by atoms with Crippen LogP contribution < -0.4 is 0 Å². The van der Waals surface area contributed by atoms with Crippen molar-refractivity contribution in [3.63, 3.8) is 0 Å². The monoisotopic (exact) mass is 254 g/mol. The maximum Gasteiger partial charge on any atom is 0.165 e. The number of carbonyl (C=O) groups excluding carboxylic acids is 1. The van der Waals surface area contributed by atoms with Crippen LogP contribution >= 0.6 is 0 Å².